The molecule has 2 aromatic rings. The topological polar surface area (TPSA) is 33.2 Å². The predicted molar refractivity (Wildman–Crippen MR) is 77.1 cm³/mol. The summed E-state index contributed by atoms with van der Waals surface area (Å²) in [6, 6.07) is 5.70. The molecule has 8 heteroatoms. The number of amides is 1. The number of halogens is 4. The molecule has 0 unspecified atom stereocenters. The lowest BCUT2D eigenvalue weighted by atomic mass is 10.2. The van der Waals surface area contributed by atoms with Gasteiger partial charge in [-0.25, -0.2) is 0 Å². The molecular weight excluding hydrogens is 369 g/mol. The molecule has 0 saturated carbocycles. The van der Waals surface area contributed by atoms with Gasteiger partial charge < -0.3 is 4.90 Å². The van der Waals surface area contributed by atoms with Crippen LogP contribution in [0.1, 0.15) is 20.9 Å². The smallest absolute Gasteiger partial charge is 0.337 e. The van der Waals surface area contributed by atoms with Gasteiger partial charge in [0.2, 0.25) is 0 Å². The molecule has 0 aliphatic rings. The van der Waals surface area contributed by atoms with Crippen molar-refractivity contribution < 1.29 is 18.0 Å². The maximum atomic E-state index is 12.4. The van der Waals surface area contributed by atoms with E-state index in [1.807, 2.05) is 12.1 Å². The molecule has 0 spiro atoms. The maximum absolute atomic E-state index is 12.4. The number of hydrogen-bond donors (Lipinski definition) is 0. The first kappa shape index (κ1) is 16.0. The molecule has 0 aliphatic carbocycles. The zero-order chi connectivity index (χ0) is 15.6. The molecule has 0 N–H and O–H groups in total. The number of nitrogens with zero attached hydrogens (tertiary/aromatic N) is 2. The third kappa shape index (κ3) is 4.04. The average Bonchev–Trinajstić information content (AvgIpc) is 2.82. The molecule has 1 amide bonds. The van der Waals surface area contributed by atoms with Crippen molar-refractivity contribution >= 4 is 33.2 Å². The molecule has 3 nitrogen and oxygen atoms in total. The minimum Gasteiger partial charge on any atom is -0.337 e. The lowest BCUT2D eigenvalue weighted by Crippen LogP contribution is -2.26. The normalized spacial score (nSPS) is 11.5. The Bertz CT molecular complexity index is 640. The summed E-state index contributed by atoms with van der Waals surface area (Å²) >= 11 is 4.82. The molecule has 0 radical (unpaired) electrons. The lowest BCUT2D eigenvalue weighted by molar-refractivity contribution is -0.141. The van der Waals surface area contributed by atoms with Crippen LogP contribution in [0.2, 0.25) is 0 Å². The van der Waals surface area contributed by atoms with Gasteiger partial charge in [-0.05, 0) is 40.2 Å². The molecule has 2 aromatic heterocycles. The van der Waals surface area contributed by atoms with E-state index in [1.165, 1.54) is 16.2 Å². The van der Waals surface area contributed by atoms with Crippen LogP contribution in [-0.4, -0.2) is 22.8 Å². The zero-order valence-electron chi connectivity index (χ0n) is 10.8. The van der Waals surface area contributed by atoms with Gasteiger partial charge in [-0.3, -0.25) is 9.78 Å². The van der Waals surface area contributed by atoms with Crippen molar-refractivity contribution in [3.63, 3.8) is 0 Å². The van der Waals surface area contributed by atoms with Crippen molar-refractivity contribution in [2.75, 3.05) is 7.05 Å². The second kappa shape index (κ2) is 6.15. The largest absolute Gasteiger partial charge is 0.433 e. The van der Waals surface area contributed by atoms with Gasteiger partial charge in [-0.15, -0.1) is 11.3 Å². The van der Waals surface area contributed by atoms with Crippen LogP contribution in [0.15, 0.2) is 34.2 Å². The highest BCUT2D eigenvalue weighted by Crippen LogP contribution is 2.27. The van der Waals surface area contributed by atoms with Crippen molar-refractivity contribution in [1.29, 1.82) is 0 Å². The van der Waals surface area contributed by atoms with E-state index in [9.17, 15) is 18.0 Å². The van der Waals surface area contributed by atoms with E-state index >= 15 is 0 Å². The number of hydrogen-bond acceptors (Lipinski definition) is 3. The number of thiophene rings is 1. The Labute approximate surface area is 131 Å². The van der Waals surface area contributed by atoms with Crippen LogP contribution in [0, 0.1) is 0 Å². The highest BCUT2D eigenvalue weighted by molar-refractivity contribution is 9.11. The summed E-state index contributed by atoms with van der Waals surface area (Å²) in [6.07, 6.45) is -3.55. The highest BCUT2D eigenvalue weighted by Gasteiger charge is 2.32. The van der Waals surface area contributed by atoms with Crippen LogP contribution in [-0.2, 0) is 12.7 Å². The van der Waals surface area contributed by atoms with E-state index in [1.54, 1.807) is 7.05 Å². The van der Waals surface area contributed by atoms with Gasteiger partial charge in [-0.2, -0.15) is 13.2 Å². The fourth-order valence-corrected chi connectivity index (χ4v) is 3.19. The van der Waals surface area contributed by atoms with Crippen LogP contribution < -0.4 is 0 Å². The van der Waals surface area contributed by atoms with Crippen molar-refractivity contribution in [1.82, 2.24) is 9.88 Å². The van der Waals surface area contributed by atoms with E-state index in [4.69, 9.17) is 0 Å². The van der Waals surface area contributed by atoms with Crippen LogP contribution >= 0.6 is 27.3 Å². The highest BCUT2D eigenvalue weighted by atomic mass is 79.9. The number of aromatic nitrogens is 1. The molecular formula is C13H10BrF3N2OS. The SMILES string of the molecule is CN(Cc1ccc(Br)s1)C(=O)c1ccc(C(F)(F)F)nc1. The summed E-state index contributed by atoms with van der Waals surface area (Å²) < 4.78 is 38.2. The third-order valence-electron chi connectivity index (χ3n) is 2.67. The van der Waals surface area contributed by atoms with E-state index in [0.717, 1.165) is 27.0 Å². The van der Waals surface area contributed by atoms with Gasteiger partial charge in [0.25, 0.3) is 5.91 Å². The number of carbonyl (C=O) groups is 1. The van der Waals surface area contributed by atoms with Gasteiger partial charge in [-0.1, -0.05) is 0 Å². The Kier molecular flexibility index (Phi) is 4.67. The van der Waals surface area contributed by atoms with E-state index < -0.39 is 11.9 Å². The number of carbonyl (C=O) groups excluding carboxylic acids is 1. The van der Waals surface area contributed by atoms with Gasteiger partial charge in [0.1, 0.15) is 5.69 Å². The van der Waals surface area contributed by atoms with Crippen molar-refractivity contribution in [2.45, 2.75) is 12.7 Å². The van der Waals surface area contributed by atoms with E-state index in [0.29, 0.717) is 6.54 Å². The second-order valence-corrected chi connectivity index (χ2v) is 6.84. The Morgan fingerprint density at radius 3 is 2.52 bits per heavy atom. The summed E-state index contributed by atoms with van der Waals surface area (Å²) in [4.78, 5) is 17.8. The monoisotopic (exact) mass is 378 g/mol. The van der Waals surface area contributed by atoms with Crippen LogP contribution in [0.3, 0.4) is 0 Å². The Balaban J connectivity index is 2.08. The quantitative estimate of drug-likeness (QED) is 0.801. The Hall–Kier alpha value is -1.41. The number of rotatable bonds is 3. The van der Waals surface area contributed by atoms with Gasteiger partial charge >= 0.3 is 6.18 Å². The standard InChI is InChI=1S/C13H10BrF3N2OS/c1-19(7-9-3-5-11(14)21-9)12(20)8-2-4-10(18-6-8)13(15,16)17/h2-6H,7H2,1H3. The molecule has 2 rings (SSSR count). The first-order valence-corrected chi connectivity index (χ1v) is 7.41. The van der Waals surface area contributed by atoms with Crippen molar-refractivity contribution in [2.24, 2.45) is 0 Å². The van der Waals surface area contributed by atoms with Crippen molar-refractivity contribution in [3.8, 4) is 0 Å². The number of alkyl halides is 3. The Morgan fingerprint density at radius 1 is 1.33 bits per heavy atom. The molecule has 112 valence electrons. The van der Waals surface area contributed by atoms with E-state index in [2.05, 4.69) is 20.9 Å². The molecule has 0 fully saturated rings. The van der Waals surface area contributed by atoms with Gasteiger partial charge in [0.15, 0.2) is 0 Å². The minimum absolute atomic E-state index is 0.126. The first-order valence-electron chi connectivity index (χ1n) is 5.80. The summed E-state index contributed by atoms with van der Waals surface area (Å²) in [7, 11) is 1.59. The van der Waals surface area contributed by atoms with Gasteiger partial charge in [0, 0.05) is 18.1 Å². The molecule has 0 atom stereocenters. The second-order valence-electron chi connectivity index (χ2n) is 4.30. The molecule has 21 heavy (non-hydrogen) atoms. The summed E-state index contributed by atoms with van der Waals surface area (Å²) in [6.45, 7) is 0.385. The van der Waals surface area contributed by atoms with E-state index in [-0.39, 0.29) is 11.5 Å². The molecule has 0 saturated heterocycles. The fraction of sp³-hybridized carbons (Fsp3) is 0.231. The summed E-state index contributed by atoms with van der Waals surface area (Å²) in [5.74, 6) is -0.374. The van der Waals surface area contributed by atoms with Crippen LogP contribution in [0.5, 0.6) is 0 Å². The fourth-order valence-electron chi connectivity index (χ4n) is 1.65. The number of pyridine rings is 1. The zero-order valence-corrected chi connectivity index (χ0v) is 13.2. The van der Waals surface area contributed by atoms with Crippen LogP contribution in [0.4, 0.5) is 13.2 Å². The molecule has 2 heterocycles. The van der Waals surface area contributed by atoms with Gasteiger partial charge in [0.05, 0.1) is 15.9 Å². The molecule has 0 aliphatic heterocycles. The minimum atomic E-state index is -4.50. The summed E-state index contributed by atoms with van der Waals surface area (Å²) in [5, 5.41) is 0. The Morgan fingerprint density at radius 2 is 2.05 bits per heavy atom. The van der Waals surface area contributed by atoms with Crippen LogP contribution in [0.25, 0.3) is 0 Å². The lowest BCUT2D eigenvalue weighted by Gasteiger charge is -2.16. The average molecular weight is 379 g/mol. The maximum Gasteiger partial charge on any atom is 0.433 e. The first-order chi connectivity index (χ1) is 9.77. The third-order valence-corrected chi connectivity index (χ3v) is 4.28. The molecule has 0 bridgehead atoms. The molecule has 0 aromatic carbocycles. The summed E-state index contributed by atoms with van der Waals surface area (Å²) in [5.41, 5.74) is -0.884. The predicted octanol–water partition coefficient (Wildman–Crippen LogP) is 4.20. The van der Waals surface area contributed by atoms with Crippen molar-refractivity contribution in [3.05, 3.63) is 50.4 Å².